The summed E-state index contributed by atoms with van der Waals surface area (Å²) in [5, 5.41) is 12.1. The Bertz CT molecular complexity index is 311. The first-order valence-electron chi connectivity index (χ1n) is 6.85. The molecule has 0 amide bonds. The minimum atomic E-state index is 0.239. The third kappa shape index (κ3) is 5.52. The Morgan fingerprint density at radius 3 is 2.56 bits per heavy atom. The van der Waals surface area contributed by atoms with E-state index in [4.69, 9.17) is 9.84 Å². The Kier molecular flexibility index (Phi) is 7.46. The maximum Gasteiger partial charge on any atom is 0.119 e. The summed E-state index contributed by atoms with van der Waals surface area (Å²) in [5.41, 5.74) is 1.28. The van der Waals surface area contributed by atoms with Crippen LogP contribution in [0.25, 0.3) is 0 Å². The second-order valence-corrected chi connectivity index (χ2v) is 4.52. The van der Waals surface area contributed by atoms with E-state index in [0.29, 0.717) is 12.6 Å². The SMILES string of the molecule is CCCNC(C)c1ccc(OCCCCO)cc1. The molecule has 3 heteroatoms. The number of hydrogen-bond acceptors (Lipinski definition) is 3. The van der Waals surface area contributed by atoms with Gasteiger partial charge in [0.2, 0.25) is 0 Å². The monoisotopic (exact) mass is 251 g/mol. The first-order chi connectivity index (χ1) is 8.77. The minimum Gasteiger partial charge on any atom is -0.494 e. The standard InChI is InChI=1S/C15H25NO2/c1-3-10-16-13(2)14-6-8-15(9-7-14)18-12-5-4-11-17/h6-9,13,16-17H,3-5,10-12H2,1-2H3. The van der Waals surface area contributed by atoms with Crippen LogP contribution in [0.4, 0.5) is 0 Å². The van der Waals surface area contributed by atoms with E-state index in [1.54, 1.807) is 0 Å². The summed E-state index contributed by atoms with van der Waals surface area (Å²) in [4.78, 5) is 0. The summed E-state index contributed by atoms with van der Waals surface area (Å²) in [5.74, 6) is 0.902. The molecule has 0 aliphatic carbocycles. The van der Waals surface area contributed by atoms with Crippen LogP contribution in [0.15, 0.2) is 24.3 Å². The van der Waals surface area contributed by atoms with E-state index in [1.165, 1.54) is 5.56 Å². The van der Waals surface area contributed by atoms with Crippen LogP contribution in [0.5, 0.6) is 5.75 Å². The number of aliphatic hydroxyl groups excluding tert-OH is 1. The van der Waals surface area contributed by atoms with Gasteiger partial charge in [-0.15, -0.1) is 0 Å². The van der Waals surface area contributed by atoms with Crippen molar-refractivity contribution in [3.8, 4) is 5.75 Å². The number of benzene rings is 1. The van der Waals surface area contributed by atoms with Gasteiger partial charge >= 0.3 is 0 Å². The molecule has 1 aromatic carbocycles. The first kappa shape index (κ1) is 15.0. The van der Waals surface area contributed by atoms with Gasteiger partial charge in [0, 0.05) is 12.6 Å². The number of aliphatic hydroxyl groups is 1. The molecule has 102 valence electrons. The highest BCUT2D eigenvalue weighted by Crippen LogP contribution is 2.17. The van der Waals surface area contributed by atoms with Crippen molar-refractivity contribution >= 4 is 0 Å². The zero-order chi connectivity index (χ0) is 13.2. The highest BCUT2D eigenvalue weighted by atomic mass is 16.5. The number of ether oxygens (including phenoxy) is 1. The van der Waals surface area contributed by atoms with E-state index in [0.717, 1.165) is 31.6 Å². The van der Waals surface area contributed by atoms with E-state index in [2.05, 4.69) is 31.3 Å². The molecular formula is C15H25NO2. The molecule has 3 nitrogen and oxygen atoms in total. The van der Waals surface area contributed by atoms with Gasteiger partial charge in [0.05, 0.1) is 6.61 Å². The fourth-order valence-electron chi connectivity index (χ4n) is 1.74. The number of hydrogen-bond donors (Lipinski definition) is 2. The predicted molar refractivity (Wildman–Crippen MR) is 75.0 cm³/mol. The van der Waals surface area contributed by atoms with E-state index in [-0.39, 0.29) is 6.61 Å². The van der Waals surface area contributed by atoms with Crippen LogP contribution >= 0.6 is 0 Å². The highest BCUT2D eigenvalue weighted by molar-refractivity contribution is 5.28. The smallest absolute Gasteiger partial charge is 0.119 e. The van der Waals surface area contributed by atoms with Crippen molar-refractivity contribution in [2.45, 2.75) is 39.2 Å². The van der Waals surface area contributed by atoms with Crippen molar-refractivity contribution < 1.29 is 9.84 Å². The van der Waals surface area contributed by atoms with Crippen LogP contribution in [0.2, 0.25) is 0 Å². The Hall–Kier alpha value is -1.06. The van der Waals surface area contributed by atoms with Crippen molar-refractivity contribution in [2.24, 2.45) is 0 Å². The second kappa shape index (κ2) is 8.95. The third-order valence-corrected chi connectivity index (χ3v) is 2.90. The minimum absolute atomic E-state index is 0.239. The molecule has 0 fully saturated rings. The van der Waals surface area contributed by atoms with Crippen molar-refractivity contribution in [1.29, 1.82) is 0 Å². The van der Waals surface area contributed by atoms with E-state index >= 15 is 0 Å². The van der Waals surface area contributed by atoms with Crippen LogP contribution in [0, 0.1) is 0 Å². The van der Waals surface area contributed by atoms with Crippen molar-refractivity contribution in [2.75, 3.05) is 19.8 Å². The number of unbranched alkanes of at least 4 members (excludes halogenated alkanes) is 1. The van der Waals surface area contributed by atoms with Crippen LogP contribution < -0.4 is 10.1 Å². The fourth-order valence-corrected chi connectivity index (χ4v) is 1.74. The van der Waals surface area contributed by atoms with Gasteiger partial charge in [-0.25, -0.2) is 0 Å². The van der Waals surface area contributed by atoms with Gasteiger partial charge < -0.3 is 15.2 Å². The molecular weight excluding hydrogens is 226 g/mol. The Labute approximate surface area is 110 Å². The fraction of sp³-hybridized carbons (Fsp3) is 0.600. The van der Waals surface area contributed by atoms with Crippen LogP contribution in [0.3, 0.4) is 0 Å². The predicted octanol–water partition coefficient (Wildman–Crippen LogP) is 2.90. The normalized spacial score (nSPS) is 12.4. The van der Waals surface area contributed by atoms with Gasteiger partial charge in [0.1, 0.15) is 5.75 Å². The molecule has 0 radical (unpaired) electrons. The van der Waals surface area contributed by atoms with Crippen molar-refractivity contribution in [1.82, 2.24) is 5.32 Å². The molecule has 2 N–H and O–H groups in total. The zero-order valence-electron chi connectivity index (χ0n) is 11.5. The Morgan fingerprint density at radius 1 is 1.22 bits per heavy atom. The molecule has 0 saturated carbocycles. The lowest BCUT2D eigenvalue weighted by Gasteiger charge is -2.14. The van der Waals surface area contributed by atoms with Crippen LogP contribution in [-0.2, 0) is 0 Å². The number of rotatable bonds is 9. The van der Waals surface area contributed by atoms with E-state index in [9.17, 15) is 0 Å². The molecule has 1 unspecified atom stereocenters. The van der Waals surface area contributed by atoms with Gasteiger partial charge in [0.15, 0.2) is 0 Å². The summed E-state index contributed by atoms with van der Waals surface area (Å²) in [6.45, 7) is 6.29. The average molecular weight is 251 g/mol. The molecule has 1 aromatic rings. The molecule has 0 aromatic heterocycles. The zero-order valence-corrected chi connectivity index (χ0v) is 11.5. The molecule has 0 heterocycles. The molecule has 0 aliphatic heterocycles. The van der Waals surface area contributed by atoms with Crippen LogP contribution in [-0.4, -0.2) is 24.9 Å². The van der Waals surface area contributed by atoms with E-state index < -0.39 is 0 Å². The molecule has 0 aliphatic rings. The lowest BCUT2D eigenvalue weighted by molar-refractivity contribution is 0.253. The molecule has 0 saturated heterocycles. The quantitative estimate of drug-likeness (QED) is 0.663. The molecule has 1 atom stereocenters. The van der Waals surface area contributed by atoms with Gasteiger partial charge in [0.25, 0.3) is 0 Å². The maximum absolute atomic E-state index is 8.67. The van der Waals surface area contributed by atoms with Crippen LogP contribution in [0.1, 0.15) is 44.7 Å². The maximum atomic E-state index is 8.67. The summed E-state index contributed by atoms with van der Waals surface area (Å²) >= 11 is 0. The van der Waals surface area contributed by atoms with Gasteiger partial charge in [-0.05, 0) is 50.4 Å². The van der Waals surface area contributed by atoms with Gasteiger partial charge in [-0.2, -0.15) is 0 Å². The summed E-state index contributed by atoms with van der Waals surface area (Å²) in [6.07, 6.45) is 2.85. The number of nitrogens with one attached hydrogen (secondary N) is 1. The summed E-state index contributed by atoms with van der Waals surface area (Å²) in [7, 11) is 0. The Balaban J connectivity index is 2.37. The Morgan fingerprint density at radius 2 is 1.94 bits per heavy atom. The lowest BCUT2D eigenvalue weighted by Crippen LogP contribution is -2.19. The van der Waals surface area contributed by atoms with Crippen molar-refractivity contribution in [3.05, 3.63) is 29.8 Å². The van der Waals surface area contributed by atoms with E-state index in [1.807, 2.05) is 12.1 Å². The summed E-state index contributed by atoms with van der Waals surface area (Å²) in [6, 6.07) is 8.62. The first-order valence-corrected chi connectivity index (χ1v) is 6.85. The third-order valence-electron chi connectivity index (χ3n) is 2.90. The average Bonchev–Trinajstić information content (AvgIpc) is 2.41. The van der Waals surface area contributed by atoms with Crippen molar-refractivity contribution in [3.63, 3.8) is 0 Å². The lowest BCUT2D eigenvalue weighted by atomic mass is 10.1. The topological polar surface area (TPSA) is 41.5 Å². The highest BCUT2D eigenvalue weighted by Gasteiger charge is 2.03. The molecule has 1 rings (SSSR count). The molecule has 18 heavy (non-hydrogen) atoms. The molecule has 0 spiro atoms. The summed E-state index contributed by atoms with van der Waals surface area (Å²) < 4.78 is 5.59. The second-order valence-electron chi connectivity index (χ2n) is 4.52. The largest absolute Gasteiger partial charge is 0.494 e. The van der Waals surface area contributed by atoms with Gasteiger partial charge in [-0.1, -0.05) is 19.1 Å². The van der Waals surface area contributed by atoms with Gasteiger partial charge in [-0.3, -0.25) is 0 Å². The molecule has 0 bridgehead atoms.